The third-order valence-electron chi connectivity index (χ3n) is 7.08. The number of carboxylic acid groups (broad SMARTS) is 1. The van der Waals surface area contributed by atoms with Crippen LogP contribution in [0.4, 0.5) is 0 Å². The number of hydrogen-bond donors (Lipinski definition) is 3. The van der Waals surface area contributed by atoms with Crippen LogP contribution in [0.3, 0.4) is 0 Å². The van der Waals surface area contributed by atoms with Crippen LogP contribution < -0.4 is 5.73 Å². The molecule has 0 radical (unpaired) electrons. The minimum atomic E-state index is -1.07. The number of nitrogens with two attached hydrogens (primary N) is 1. The molecule has 166 valence electrons. The van der Waals surface area contributed by atoms with E-state index in [4.69, 9.17) is 15.6 Å². The van der Waals surface area contributed by atoms with Gasteiger partial charge in [-0.2, -0.15) is 24.4 Å². The highest BCUT2D eigenvalue weighted by Gasteiger charge is 2.48. The van der Waals surface area contributed by atoms with Crippen molar-refractivity contribution in [1.29, 1.82) is 0 Å². The number of ether oxygens (including phenoxy) is 1. The number of aliphatic carboxylic acids is 1. The average Bonchev–Trinajstić information content (AvgIpc) is 3.16. The summed E-state index contributed by atoms with van der Waals surface area (Å²) in [6.07, 6.45) is 12.2. The zero-order chi connectivity index (χ0) is 21.0. The highest BCUT2D eigenvalue weighted by atomic mass is 32.2. The summed E-state index contributed by atoms with van der Waals surface area (Å²) >= 11 is 5.60. The van der Waals surface area contributed by atoms with Gasteiger partial charge < -0.3 is 15.6 Å². The fourth-order valence-corrected chi connectivity index (χ4v) is 7.42. The van der Waals surface area contributed by atoms with E-state index in [1.54, 1.807) is 18.7 Å². The van der Waals surface area contributed by atoms with E-state index in [-0.39, 0.29) is 5.92 Å². The molecule has 0 spiro atoms. The van der Waals surface area contributed by atoms with Crippen LogP contribution in [0.15, 0.2) is 0 Å². The molecule has 0 aromatic carbocycles. The molecule has 0 heterocycles. The predicted molar refractivity (Wildman–Crippen MR) is 120 cm³/mol. The third kappa shape index (κ3) is 6.54. The van der Waals surface area contributed by atoms with Crippen molar-refractivity contribution in [3.8, 4) is 0 Å². The molecule has 5 aliphatic rings. The second-order valence-corrected chi connectivity index (χ2v) is 11.6. The third-order valence-corrected chi connectivity index (χ3v) is 9.07. The van der Waals surface area contributed by atoms with E-state index in [0.717, 1.165) is 30.6 Å². The zero-order valence-corrected chi connectivity index (χ0v) is 19.3. The molecule has 3 N–H and O–H groups in total. The number of carbonyl (C=O) groups is 2. The molecule has 5 fully saturated rings. The van der Waals surface area contributed by atoms with E-state index in [1.807, 2.05) is 0 Å². The molecule has 0 amide bonds. The van der Waals surface area contributed by atoms with Gasteiger partial charge in [0.25, 0.3) is 0 Å². The van der Waals surface area contributed by atoms with Gasteiger partial charge in [-0.15, -0.1) is 0 Å². The highest BCUT2D eigenvalue weighted by Crippen LogP contribution is 2.54. The molecule has 29 heavy (non-hydrogen) atoms. The highest BCUT2D eigenvalue weighted by molar-refractivity contribution is 8.00. The SMILES string of the molecule is C[C@H](CS)C(=O)O[C@@H](CSC1CCCC1)C(=O)O.NC12CC3CC(CC(C3)C1)C2. The number of carboxylic acids is 1. The monoisotopic (exact) mass is 443 g/mol. The van der Waals surface area contributed by atoms with Crippen LogP contribution in [-0.2, 0) is 14.3 Å². The Labute approximate surface area is 184 Å². The van der Waals surface area contributed by atoms with Gasteiger partial charge in [-0.1, -0.05) is 19.8 Å². The van der Waals surface area contributed by atoms with E-state index >= 15 is 0 Å². The average molecular weight is 444 g/mol. The maximum absolute atomic E-state index is 11.5. The van der Waals surface area contributed by atoms with Crippen molar-refractivity contribution in [2.45, 2.75) is 88.0 Å². The van der Waals surface area contributed by atoms with Crippen molar-refractivity contribution in [1.82, 2.24) is 0 Å². The lowest BCUT2D eigenvalue weighted by Gasteiger charge is -2.55. The molecule has 0 aliphatic heterocycles. The van der Waals surface area contributed by atoms with Crippen LogP contribution in [0.1, 0.15) is 71.1 Å². The van der Waals surface area contributed by atoms with Gasteiger partial charge >= 0.3 is 11.9 Å². The molecular weight excluding hydrogens is 406 g/mol. The number of rotatable bonds is 7. The fourth-order valence-electron chi connectivity index (χ4n) is 5.94. The summed E-state index contributed by atoms with van der Waals surface area (Å²) < 4.78 is 5.02. The lowest BCUT2D eigenvalue weighted by molar-refractivity contribution is -0.164. The van der Waals surface area contributed by atoms with Crippen molar-refractivity contribution in [2.75, 3.05) is 11.5 Å². The fraction of sp³-hybridized carbons (Fsp3) is 0.909. The number of thiol groups is 1. The first-order valence-corrected chi connectivity index (χ1v) is 12.9. The molecule has 5 saturated carbocycles. The number of esters is 1. The summed E-state index contributed by atoms with van der Waals surface area (Å²) in [5, 5.41) is 9.56. The number of carbonyl (C=O) groups excluding carboxylic acids is 1. The van der Waals surface area contributed by atoms with Gasteiger partial charge in [0.1, 0.15) is 0 Å². The minimum absolute atomic E-state index is 0.300. The van der Waals surface area contributed by atoms with Crippen molar-refractivity contribution in [2.24, 2.45) is 29.4 Å². The van der Waals surface area contributed by atoms with Gasteiger partial charge in [0.2, 0.25) is 6.10 Å². The maximum atomic E-state index is 11.5. The Morgan fingerprint density at radius 1 is 1.14 bits per heavy atom. The topological polar surface area (TPSA) is 89.6 Å². The maximum Gasteiger partial charge on any atom is 0.345 e. The quantitative estimate of drug-likeness (QED) is 0.405. The van der Waals surface area contributed by atoms with Crippen LogP contribution in [0.25, 0.3) is 0 Å². The zero-order valence-electron chi connectivity index (χ0n) is 17.6. The second kappa shape index (κ2) is 10.3. The lowest BCUT2D eigenvalue weighted by Crippen LogP contribution is -2.55. The van der Waals surface area contributed by atoms with Crippen molar-refractivity contribution in [3.05, 3.63) is 0 Å². The van der Waals surface area contributed by atoms with E-state index in [0.29, 0.717) is 22.3 Å². The summed E-state index contributed by atoms with van der Waals surface area (Å²) in [4.78, 5) is 22.6. The van der Waals surface area contributed by atoms with Crippen LogP contribution in [-0.4, -0.2) is 45.4 Å². The van der Waals surface area contributed by atoms with Crippen molar-refractivity contribution >= 4 is 36.3 Å². The summed E-state index contributed by atoms with van der Waals surface area (Å²) in [6, 6.07) is 0. The molecule has 5 nitrogen and oxygen atoms in total. The molecular formula is C22H37NO4S2. The molecule has 2 atom stereocenters. The van der Waals surface area contributed by atoms with E-state index in [9.17, 15) is 9.59 Å². The van der Waals surface area contributed by atoms with E-state index < -0.39 is 18.0 Å². The van der Waals surface area contributed by atoms with Crippen molar-refractivity contribution in [3.63, 3.8) is 0 Å². The Balaban J connectivity index is 0.000000183. The van der Waals surface area contributed by atoms with Crippen LogP contribution in [0.5, 0.6) is 0 Å². The van der Waals surface area contributed by atoms with Crippen LogP contribution >= 0.6 is 24.4 Å². The normalized spacial score (nSPS) is 34.9. The second-order valence-electron chi connectivity index (χ2n) is 9.87. The van der Waals surface area contributed by atoms with Gasteiger partial charge in [0, 0.05) is 22.3 Å². The molecule has 0 aromatic rings. The summed E-state index contributed by atoms with van der Waals surface area (Å²) in [5.41, 5.74) is 6.62. The molecule has 5 aliphatic carbocycles. The van der Waals surface area contributed by atoms with Gasteiger partial charge in [-0.05, 0) is 69.1 Å². The first-order valence-electron chi connectivity index (χ1n) is 11.2. The van der Waals surface area contributed by atoms with Gasteiger partial charge in [0.15, 0.2) is 0 Å². The molecule has 5 rings (SSSR count). The first-order chi connectivity index (χ1) is 13.8. The standard InChI is InChI=1S/C12H20O4S2.C10H17N/c1-8(6-17)12(15)16-10(11(13)14)7-18-9-4-2-3-5-9;11-10-4-7-1-8(5-10)3-9(2-7)6-10/h8-10,17H,2-7H2,1H3,(H,13,14);7-9H,1-6,11H2/t8-,10+;/m1./s1. The van der Waals surface area contributed by atoms with Crippen molar-refractivity contribution < 1.29 is 19.4 Å². The Morgan fingerprint density at radius 3 is 2.07 bits per heavy atom. The van der Waals surface area contributed by atoms with Gasteiger partial charge in [-0.25, -0.2) is 4.79 Å². The summed E-state index contributed by atoms with van der Waals surface area (Å²) in [7, 11) is 0. The molecule has 0 unspecified atom stereocenters. The predicted octanol–water partition coefficient (Wildman–Crippen LogP) is 4.14. The number of hydrogen-bond acceptors (Lipinski definition) is 6. The Kier molecular flexibility index (Phi) is 8.24. The molecule has 4 bridgehead atoms. The van der Waals surface area contributed by atoms with Crippen LogP contribution in [0, 0.1) is 23.7 Å². The lowest BCUT2D eigenvalue weighted by atomic mass is 9.53. The van der Waals surface area contributed by atoms with E-state index in [1.165, 1.54) is 51.4 Å². The summed E-state index contributed by atoms with van der Waals surface area (Å²) in [5.74, 6) is 1.84. The molecule has 7 heteroatoms. The van der Waals surface area contributed by atoms with Crippen LogP contribution in [0.2, 0.25) is 0 Å². The largest absolute Gasteiger partial charge is 0.478 e. The van der Waals surface area contributed by atoms with E-state index in [2.05, 4.69) is 12.6 Å². The van der Waals surface area contributed by atoms with Gasteiger partial charge in [-0.3, -0.25) is 4.79 Å². The Hall–Kier alpha value is -0.400. The van der Waals surface area contributed by atoms with Gasteiger partial charge in [0.05, 0.1) is 5.92 Å². The summed E-state index contributed by atoms with van der Waals surface area (Å²) in [6.45, 7) is 1.68. The Morgan fingerprint density at radius 2 is 1.66 bits per heavy atom. The molecule has 0 saturated heterocycles. The number of thioether (sulfide) groups is 1. The first kappa shape index (κ1) is 23.3. The smallest absolute Gasteiger partial charge is 0.345 e. The Bertz CT molecular complexity index is 544. The molecule has 0 aromatic heterocycles. The minimum Gasteiger partial charge on any atom is -0.478 e.